The number of ketones is 1. The number of nitrogens with zero attached hydrogens (tertiary/aromatic N) is 1. The number of carbonyl (C=O) groups excluding carboxylic acids is 4. The van der Waals surface area contributed by atoms with Crippen molar-refractivity contribution in [2.24, 2.45) is 0 Å². The van der Waals surface area contributed by atoms with E-state index in [9.17, 15) is 19.2 Å². The summed E-state index contributed by atoms with van der Waals surface area (Å²) in [4.78, 5) is 49.5. The second-order valence-electron chi connectivity index (χ2n) is 5.59. The Balaban J connectivity index is 1.62. The highest BCUT2D eigenvalue weighted by atomic mass is 79.9. The van der Waals surface area contributed by atoms with Crippen LogP contribution in [0.4, 0.5) is 0 Å². The van der Waals surface area contributed by atoms with Crippen molar-refractivity contribution in [2.75, 3.05) is 13.2 Å². The third kappa shape index (κ3) is 4.05. The summed E-state index contributed by atoms with van der Waals surface area (Å²) in [5, 5.41) is 0.500. The number of ether oxygens (including phenoxy) is 1. The van der Waals surface area contributed by atoms with E-state index < -0.39 is 36.7 Å². The molecular weight excluding hydrogens is 461 g/mol. The molecule has 1 aliphatic rings. The van der Waals surface area contributed by atoms with Crippen molar-refractivity contribution >= 4 is 62.7 Å². The summed E-state index contributed by atoms with van der Waals surface area (Å²) in [6, 6.07) is 8.93. The van der Waals surface area contributed by atoms with Gasteiger partial charge in [0.25, 0.3) is 11.8 Å². The molecule has 0 saturated heterocycles. The van der Waals surface area contributed by atoms with Gasteiger partial charge >= 0.3 is 5.97 Å². The summed E-state index contributed by atoms with van der Waals surface area (Å²) in [5.74, 6) is -2.61. The van der Waals surface area contributed by atoms with Crippen molar-refractivity contribution < 1.29 is 23.9 Å². The number of halogens is 3. The first-order valence-electron chi connectivity index (χ1n) is 7.57. The van der Waals surface area contributed by atoms with Gasteiger partial charge in [0, 0.05) is 15.1 Å². The van der Waals surface area contributed by atoms with Gasteiger partial charge in [0.05, 0.1) is 16.1 Å². The van der Waals surface area contributed by atoms with E-state index in [-0.39, 0.29) is 21.7 Å². The minimum Gasteiger partial charge on any atom is -0.456 e. The molecule has 0 spiro atoms. The summed E-state index contributed by atoms with van der Waals surface area (Å²) < 4.78 is 5.53. The molecule has 1 aliphatic heterocycles. The van der Waals surface area contributed by atoms with Crippen LogP contribution in [-0.2, 0) is 9.53 Å². The summed E-state index contributed by atoms with van der Waals surface area (Å²) in [5.41, 5.74) is 0.561. The molecule has 0 unspecified atom stereocenters. The van der Waals surface area contributed by atoms with Gasteiger partial charge in [-0.2, -0.15) is 0 Å². The van der Waals surface area contributed by atoms with Gasteiger partial charge in [-0.15, -0.1) is 0 Å². The highest BCUT2D eigenvalue weighted by molar-refractivity contribution is 9.10. The molecule has 0 radical (unpaired) electrons. The van der Waals surface area contributed by atoms with E-state index in [0.717, 1.165) is 4.90 Å². The first kappa shape index (κ1) is 19.5. The fourth-order valence-electron chi connectivity index (χ4n) is 2.52. The minimum absolute atomic E-state index is 0.134. The summed E-state index contributed by atoms with van der Waals surface area (Å²) in [6.07, 6.45) is 0. The van der Waals surface area contributed by atoms with Gasteiger partial charge in [0.2, 0.25) is 5.78 Å². The molecule has 2 aromatic rings. The molecule has 0 saturated carbocycles. The van der Waals surface area contributed by atoms with Gasteiger partial charge in [-0.05, 0) is 36.4 Å². The zero-order chi connectivity index (χ0) is 19.7. The van der Waals surface area contributed by atoms with Crippen molar-refractivity contribution in [3.63, 3.8) is 0 Å². The van der Waals surface area contributed by atoms with E-state index in [2.05, 4.69) is 15.9 Å². The van der Waals surface area contributed by atoms with Gasteiger partial charge in [-0.3, -0.25) is 24.1 Å². The first-order chi connectivity index (χ1) is 12.8. The largest absolute Gasteiger partial charge is 0.456 e. The smallest absolute Gasteiger partial charge is 0.326 e. The van der Waals surface area contributed by atoms with Crippen molar-refractivity contribution in [1.82, 2.24) is 4.90 Å². The maximum absolute atomic E-state index is 12.3. The molecule has 0 atom stereocenters. The van der Waals surface area contributed by atoms with Gasteiger partial charge in [-0.1, -0.05) is 39.1 Å². The van der Waals surface area contributed by atoms with Gasteiger partial charge in [0.1, 0.15) is 6.54 Å². The quantitative estimate of drug-likeness (QED) is 0.377. The van der Waals surface area contributed by atoms with E-state index >= 15 is 0 Å². The molecule has 0 bridgehead atoms. The molecule has 2 amide bonds. The third-order valence-corrected chi connectivity index (χ3v) is 4.86. The maximum atomic E-state index is 12.3. The zero-order valence-electron chi connectivity index (χ0n) is 13.5. The summed E-state index contributed by atoms with van der Waals surface area (Å²) >= 11 is 14.9. The van der Waals surface area contributed by atoms with Crippen LogP contribution in [0.3, 0.4) is 0 Å². The van der Waals surface area contributed by atoms with Crippen LogP contribution < -0.4 is 0 Å². The molecule has 0 N–H and O–H groups in total. The minimum atomic E-state index is -0.887. The lowest BCUT2D eigenvalue weighted by Gasteiger charge is -2.13. The van der Waals surface area contributed by atoms with E-state index in [1.807, 2.05) is 0 Å². The third-order valence-electron chi connectivity index (χ3n) is 3.82. The number of rotatable bonds is 5. The lowest BCUT2D eigenvalue weighted by molar-refractivity contribution is -0.142. The second kappa shape index (κ2) is 7.80. The Morgan fingerprint density at radius 1 is 1.00 bits per heavy atom. The standard InChI is InChI=1S/C18H10BrCl2NO5/c19-9-1-3-11-13(5-9)18(26)22(17(11)25)7-16(24)27-8-15(23)12-4-2-10(20)6-14(12)21/h1-6H,7-8H2. The highest BCUT2D eigenvalue weighted by Crippen LogP contribution is 2.26. The monoisotopic (exact) mass is 469 g/mol. The van der Waals surface area contributed by atoms with E-state index in [4.69, 9.17) is 27.9 Å². The number of fused-ring (bicyclic) bond motifs is 1. The van der Waals surface area contributed by atoms with Crippen LogP contribution in [-0.4, -0.2) is 41.6 Å². The Hall–Kier alpha value is -2.22. The molecule has 138 valence electrons. The van der Waals surface area contributed by atoms with Crippen LogP contribution in [0.25, 0.3) is 0 Å². The van der Waals surface area contributed by atoms with Gasteiger partial charge in [-0.25, -0.2) is 0 Å². The fourth-order valence-corrected chi connectivity index (χ4v) is 3.40. The Morgan fingerprint density at radius 3 is 2.41 bits per heavy atom. The normalized spacial score (nSPS) is 12.9. The molecule has 0 fully saturated rings. The van der Waals surface area contributed by atoms with Crippen molar-refractivity contribution in [1.29, 1.82) is 0 Å². The van der Waals surface area contributed by atoms with E-state index in [0.29, 0.717) is 9.50 Å². The van der Waals surface area contributed by atoms with Crippen LogP contribution in [0.2, 0.25) is 10.0 Å². The fraction of sp³-hybridized carbons (Fsp3) is 0.111. The number of esters is 1. The molecule has 27 heavy (non-hydrogen) atoms. The van der Waals surface area contributed by atoms with Gasteiger partial charge in [0.15, 0.2) is 6.61 Å². The second-order valence-corrected chi connectivity index (χ2v) is 7.35. The van der Waals surface area contributed by atoms with E-state index in [1.165, 1.54) is 30.3 Å². The van der Waals surface area contributed by atoms with Crippen LogP contribution in [0.1, 0.15) is 31.1 Å². The predicted molar refractivity (Wildman–Crippen MR) is 101 cm³/mol. The molecule has 0 aliphatic carbocycles. The molecule has 1 heterocycles. The molecule has 0 aromatic heterocycles. The lowest BCUT2D eigenvalue weighted by Crippen LogP contribution is -2.36. The molecule has 3 rings (SSSR count). The first-order valence-corrected chi connectivity index (χ1v) is 9.12. The molecule has 9 heteroatoms. The number of Topliss-reactive ketones (excluding diaryl/α,β-unsaturated/α-hetero) is 1. The zero-order valence-corrected chi connectivity index (χ0v) is 16.6. The number of carbonyl (C=O) groups is 4. The number of hydrogen-bond acceptors (Lipinski definition) is 5. The number of benzene rings is 2. The summed E-state index contributed by atoms with van der Waals surface area (Å²) in [6.45, 7) is -1.17. The average Bonchev–Trinajstić information content (AvgIpc) is 2.84. The Labute approximate surface area is 172 Å². The van der Waals surface area contributed by atoms with Crippen LogP contribution in [0.15, 0.2) is 40.9 Å². The van der Waals surface area contributed by atoms with Crippen LogP contribution in [0.5, 0.6) is 0 Å². The maximum Gasteiger partial charge on any atom is 0.326 e. The number of hydrogen-bond donors (Lipinski definition) is 0. The number of amides is 2. The Kier molecular flexibility index (Phi) is 5.64. The molecule has 6 nitrogen and oxygen atoms in total. The van der Waals surface area contributed by atoms with E-state index in [1.54, 1.807) is 6.07 Å². The van der Waals surface area contributed by atoms with Crippen molar-refractivity contribution in [3.8, 4) is 0 Å². The lowest BCUT2D eigenvalue weighted by atomic mass is 10.1. The topological polar surface area (TPSA) is 80.8 Å². The molecule has 2 aromatic carbocycles. The average molecular weight is 471 g/mol. The van der Waals surface area contributed by atoms with Crippen LogP contribution >= 0.6 is 39.1 Å². The van der Waals surface area contributed by atoms with Crippen molar-refractivity contribution in [2.45, 2.75) is 0 Å². The summed E-state index contributed by atoms with van der Waals surface area (Å²) in [7, 11) is 0. The number of imide groups is 1. The Morgan fingerprint density at radius 2 is 1.70 bits per heavy atom. The highest BCUT2D eigenvalue weighted by Gasteiger charge is 2.37. The van der Waals surface area contributed by atoms with Gasteiger partial charge < -0.3 is 4.74 Å². The van der Waals surface area contributed by atoms with Crippen LogP contribution in [0, 0.1) is 0 Å². The predicted octanol–water partition coefficient (Wildman–Crippen LogP) is 3.78. The molecular formula is C18H10BrCl2NO5. The Bertz CT molecular complexity index is 992. The van der Waals surface area contributed by atoms with Crippen molar-refractivity contribution in [3.05, 3.63) is 67.6 Å². The SMILES string of the molecule is O=C(CN1C(=O)c2ccc(Br)cc2C1=O)OCC(=O)c1ccc(Cl)cc1Cl.